The van der Waals surface area contributed by atoms with E-state index in [1.807, 2.05) is 48.5 Å². The van der Waals surface area contributed by atoms with Crippen LogP contribution in [0.15, 0.2) is 48.5 Å². The van der Waals surface area contributed by atoms with Gasteiger partial charge in [-0.15, -0.1) is 0 Å². The molecule has 14 nitrogen and oxygen atoms in total. The fourth-order valence-corrected chi connectivity index (χ4v) is 5.77. The molecule has 0 aliphatic heterocycles. The van der Waals surface area contributed by atoms with Crippen molar-refractivity contribution < 1.29 is 58.0 Å². The number of carboxylic acid groups (broad SMARTS) is 2. The summed E-state index contributed by atoms with van der Waals surface area (Å²) in [5.41, 5.74) is 4.40. The lowest BCUT2D eigenvalue weighted by Gasteiger charge is -2.16. The Balaban J connectivity index is 1.23. The second-order valence-corrected chi connectivity index (χ2v) is 12.2. The van der Waals surface area contributed by atoms with E-state index in [0.29, 0.717) is 38.4 Å². The van der Waals surface area contributed by atoms with Crippen LogP contribution in [0.1, 0.15) is 81.3 Å². The minimum Gasteiger partial charge on any atom is -0.481 e. The number of carbonyl (C=O) groups is 7. The van der Waals surface area contributed by atoms with Gasteiger partial charge >= 0.3 is 18.0 Å². The van der Waals surface area contributed by atoms with Gasteiger partial charge in [0.2, 0.25) is 5.91 Å². The van der Waals surface area contributed by atoms with Gasteiger partial charge in [0, 0.05) is 31.8 Å². The van der Waals surface area contributed by atoms with Crippen LogP contribution in [0.2, 0.25) is 0 Å². The van der Waals surface area contributed by atoms with E-state index in [0.717, 1.165) is 22.3 Å². The number of carboxylic acids is 2. The first-order chi connectivity index (χ1) is 24.6. The topological polar surface area (TPSA) is 212 Å². The van der Waals surface area contributed by atoms with Crippen LogP contribution in [0.25, 0.3) is 11.1 Å². The first-order valence-corrected chi connectivity index (χ1v) is 17.1. The second-order valence-electron chi connectivity index (χ2n) is 12.2. The molecule has 3 rings (SSSR count). The van der Waals surface area contributed by atoms with Crippen LogP contribution >= 0.6 is 0 Å². The van der Waals surface area contributed by atoms with Crippen molar-refractivity contribution in [1.29, 1.82) is 0 Å². The first-order valence-electron chi connectivity index (χ1n) is 17.1. The molecule has 14 heteroatoms. The van der Waals surface area contributed by atoms with Crippen molar-refractivity contribution >= 4 is 41.8 Å². The van der Waals surface area contributed by atoms with Crippen LogP contribution in [0.4, 0.5) is 4.79 Å². The molecule has 2 unspecified atom stereocenters. The molecule has 51 heavy (non-hydrogen) atoms. The van der Waals surface area contributed by atoms with Gasteiger partial charge in [-0.3, -0.25) is 19.2 Å². The third-order valence-corrected chi connectivity index (χ3v) is 8.32. The van der Waals surface area contributed by atoms with Crippen LogP contribution < -0.4 is 10.6 Å². The highest BCUT2D eigenvalue weighted by atomic mass is 16.5. The maximum absolute atomic E-state index is 12.5. The Morgan fingerprint density at radius 2 is 1.37 bits per heavy atom. The minimum absolute atomic E-state index is 0.0405. The molecule has 0 aromatic heterocycles. The largest absolute Gasteiger partial charge is 0.481 e. The zero-order chi connectivity index (χ0) is 37.0. The van der Waals surface area contributed by atoms with E-state index < -0.39 is 54.8 Å². The lowest BCUT2D eigenvalue weighted by molar-refractivity contribution is -0.143. The Hall–Kier alpha value is -4.95. The molecule has 0 spiro atoms. The highest BCUT2D eigenvalue weighted by Crippen LogP contribution is 2.44. The van der Waals surface area contributed by atoms with Crippen molar-refractivity contribution in [1.82, 2.24) is 10.6 Å². The molecule has 2 aromatic carbocycles. The first kappa shape index (κ1) is 40.5. The molecule has 0 bridgehead atoms. The fourth-order valence-electron chi connectivity index (χ4n) is 5.77. The number of amides is 2. The zero-order valence-electron chi connectivity index (χ0n) is 28.5. The van der Waals surface area contributed by atoms with E-state index in [9.17, 15) is 38.7 Å². The second kappa shape index (κ2) is 22.0. The van der Waals surface area contributed by atoms with E-state index in [1.165, 1.54) is 0 Å². The number of ketones is 2. The number of nitrogens with one attached hydrogen (secondary N) is 2. The molecule has 0 saturated carbocycles. The summed E-state index contributed by atoms with van der Waals surface area (Å²) in [4.78, 5) is 82.0. The number of unbranched alkanes of at least 4 members (excludes halogenated alkanes) is 2. The average Bonchev–Trinajstić information content (AvgIpc) is 3.42. The van der Waals surface area contributed by atoms with E-state index >= 15 is 0 Å². The van der Waals surface area contributed by atoms with E-state index in [4.69, 9.17) is 19.3 Å². The molecule has 4 N–H and O–H groups in total. The quantitative estimate of drug-likeness (QED) is 0.0624. The lowest BCUT2D eigenvalue weighted by Crippen LogP contribution is -2.42. The zero-order valence-corrected chi connectivity index (χ0v) is 28.5. The summed E-state index contributed by atoms with van der Waals surface area (Å²) in [5, 5.41) is 22.9. The van der Waals surface area contributed by atoms with E-state index in [1.54, 1.807) is 0 Å². The summed E-state index contributed by atoms with van der Waals surface area (Å²) in [7, 11) is 0. The van der Waals surface area contributed by atoms with Crippen LogP contribution in [-0.2, 0) is 43.0 Å². The number of Topliss-reactive ketones (excluding diaryl/α,β-unsaturated/α-hetero) is 2. The van der Waals surface area contributed by atoms with Gasteiger partial charge < -0.3 is 39.9 Å². The highest BCUT2D eigenvalue weighted by Gasteiger charge is 2.29. The molecule has 2 aromatic rings. The lowest BCUT2D eigenvalue weighted by atomic mass is 9.98. The van der Waals surface area contributed by atoms with Crippen molar-refractivity contribution in [3.8, 4) is 11.1 Å². The Bertz CT molecular complexity index is 1460. The van der Waals surface area contributed by atoms with Crippen molar-refractivity contribution in [3.63, 3.8) is 0 Å². The van der Waals surface area contributed by atoms with Crippen LogP contribution in [0, 0.1) is 0 Å². The maximum Gasteiger partial charge on any atom is 0.407 e. The van der Waals surface area contributed by atoms with Gasteiger partial charge in [0.05, 0.1) is 19.3 Å². The van der Waals surface area contributed by atoms with Crippen molar-refractivity contribution in [3.05, 3.63) is 59.7 Å². The normalized spacial score (nSPS) is 12.9. The molecule has 0 saturated heterocycles. The summed E-state index contributed by atoms with van der Waals surface area (Å²) in [6.45, 7) is 0.121. The number of carbonyl (C=O) groups excluding carboxylic acids is 5. The van der Waals surface area contributed by atoms with Crippen molar-refractivity contribution in [2.45, 2.75) is 82.2 Å². The SMILES string of the molecule is O=CC(CCCCCC(=O)CCC(NC(=O)COCCOCCCC(=O)CC(=O)O)C(=O)O)NC(=O)OCC1c2ccccc2-c2ccccc21. The molecular formula is C37H46N2O12. The van der Waals surface area contributed by atoms with E-state index in [2.05, 4.69) is 10.6 Å². The monoisotopic (exact) mass is 710 g/mol. The van der Waals surface area contributed by atoms with Gasteiger partial charge in [0.1, 0.15) is 43.5 Å². The maximum atomic E-state index is 12.5. The number of rotatable bonds is 26. The fraction of sp³-hybridized carbons (Fsp3) is 0.486. The Kier molecular flexibility index (Phi) is 17.5. The molecule has 1 aliphatic carbocycles. The van der Waals surface area contributed by atoms with Gasteiger partial charge in [0.15, 0.2) is 0 Å². The van der Waals surface area contributed by atoms with Gasteiger partial charge in [-0.1, -0.05) is 61.4 Å². The third-order valence-electron chi connectivity index (χ3n) is 8.32. The molecule has 276 valence electrons. The molecular weight excluding hydrogens is 664 g/mol. The molecule has 0 heterocycles. The molecule has 1 aliphatic rings. The summed E-state index contributed by atoms with van der Waals surface area (Å²) >= 11 is 0. The molecule has 0 fully saturated rings. The van der Waals surface area contributed by atoms with Gasteiger partial charge in [-0.05, 0) is 47.9 Å². The number of hydrogen-bond acceptors (Lipinski definition) is 10. The molecule has 2 atom stereocenters. The van der Waals surface area contributed by atoms with Crippen molar-refractivity contribution in [2.75, 3.05) is 33.0 Å². The number of aldehydes is 1. The Morgan fingerprint density at radius 3 is 2.02 bits per heavy atom. The number of fused-ring (bicyclic) bond motifs is 3. The summed E-state index contributed by atoms with van der Waals surface area (Å²) in [6.07, 6.45) is 2.07. The number of aliphatic carboxylic acids is 2. The Morgan fingerprint density at radius 1 is 0.725 bits per heavy atom. The summed E-state index contributed by atoms with van der Waals surface area (Å²) in [5.74, 6) is -3.76. The van der Waals surface area contributed by atoms with E-state index in [-0.39, 0.29) is 63.8 Å². The molecule has 2 amide bonds. The minimum atomic E-state index is -1.28. The highest BCUT2D eigenvalue weighted by molar-refractivity contribution is 5.94. The predicted octanol–water partition coefficient (Wildman–Crippen LogP) is 3.82. The van der Waals surface area contributed by atoms with Gasteiger partial charge in [0.25, 0.3) is 0 Å². The number of benzene rings is 2. The molecule has 0 radical (unpaired) electrons. The number of hydrogen-bond donors (Lipinski definition) is 4. The third kappa shape index (κ3) is 14.4. The number of ether oxygens (including phenoxy) is 3. The van der Waals surface area contributed by atoms with Crippen LogP contribution in [-0.4, -0.2) is 97.1 Å². The van der Waals surface area contributed by atoms with Crippen LogP contribution in [0.5, 0.6) is 0 Å². The standard InChI is InChI=1S/C37H46N2O12/c40-22-25(38-37(48)51-23-32-30-14-6-4-12-28(30)29-13-5-7-15-31(29)32)9-2-1-3-10-26(41)16-17-33(36(46)47)39-34(43)24-50-20-19-49-18-8-11-27(42)21-35(44)45/h4-7,12-15,22,25,32-33H,1-3,8-11,16-21,23-24H2,(H,38,48)(H,39,43)(H,44,45)(H,46,47). The predicted molar refractivity (Wildman–Crippen MR) is 183 cm³/mol. The smallest absolute Gasteiger partial charge is 0.407 e. The summed E-state index contributed by atoms with van der Waals surface area (Å²) in [6, 6.07) is 14.0. The summed E-state index contributed by atoms with van der Waals surface area (Å²) < 4.78 is 15.9. The van der Waals surface area contributed by atoms with Crippen molar-refractivity contribution in [2.24, 2.45) is 0 Å². The van der Waals surface area contributed by atoms with Crippen LogP contribution in [0.3, 0.4) is 0 Å². The average molecular weight is 711 g/mol. The van der Waals surface area contributed by atoms with Gasteiger partial charge in [-0.2, -0.15) is 0 Å². The van der Waals surface area contributed by atoms with Gasteiger partial charge in [-0.25, -0.2) is 9.59 Å². The Labute approximate surface area is 296 Å². The number of alkyl carbamates (subject to hydrolysis) is 1.